The summed E-state index contributed by atoms with van der Waals surface area (Å²) in [6.07, 6.45) is -1.16. The molecule has 1 aromatic carbocycles. The van der Waals surface area contributed by atoms with Crippen LogP contribution < -0.4 is 10.6 Å². The minimum atomic E-state index is -4.43. The Morgan fingerprint density at radius 3 is 2.91 bits per heavy atom. The Morgan fingerprint density at radius 2 is 2.13 bits per heavy atom. The van der Waals surface area contributed by atoms with Crippen molar-refractivity contribution in [3.8, 4) is 0 Å². The third kappa shape index (κ3) is 3.50. The Balaban J connectivity index is 1.79. The van der Waals surface area contributed by atoms with E-state index in [-0.39, 0.29) is 18.2 Å². The van der Waals surface area contributed by atoms with Crippen molar-refractivity contribution in [3.63, 3.8) is 0 Å². The van der Waals surface area contributed by atoms with Gasteiger partial charge in [0, 0.05) is 43.6 Å². The number of para-hydroxylation sites is 1. The van der Waals surface area contributed by atoms with E-state index in [1.54, 1.807) is 0 Å². The number of hydrogen-bond acceptors (Lipinski definition) is 3. The summed E-state index contributed by atoms with van der Waals surface area (Å²) in [6.45, 7) is 1.01. The Bertz CT molecular complexity index is 678. The largest absolute Gasteiger partial charge is 0.435 e. The first-order valence-corrected chi connectivity index (χ1v) is 7.61. The summed E-state index contributed by atoms with van der Waals surface area (Å²) >= 11 is 0. The fraction of sp³-hybridized carbons (Fsp3) is 0.438. The maximum Gasteiger partial charge on any atom is 0.435 e. The number of rotatable bonds is 3. The van der Waals surface area contributed by atoms with Crippen LogP contribution >= 0.6 is 0 Å². The van der Waals surface area contributed by atoms with Gasteiger partial charge >= 0.3 is 6.18 Å². The van der Waals surface area contributed by atoms with Crippen LogP contribution in [0.3, 0.4) is 0 Å². The fourth-order valence-electron chi connectivity index (χ4n) is 3.00. The molecule has 0 spiro atoms. The first-order chi connectivity index (χ1) is 10.9. The van der Waals surface area contributed by atoms with Gasteiger partial charge in [-0.05, 0) is 24.5 Å². The zero-order valence-corrected chi connectivity index (χ0v) is 12.8. The molecule has 0 saturated heterocycles. The van der Waals surface area contributed by atoms with Gasteiger partial charge in [0.15, 0.2) is 5.69 Å². The lowest BCUT2D eigenvalue weighted by Crippen LogP contribution is -2.22. The summed E-state index contributed by atoms with van der Waals surface area (Å²) in [7, 11) is 1.50. The molecular formula is C16H19F3N4. The van der Waals surface area contributed by atoms with Gasteiger partial charge in [-0.1, -0.05) is 18.2 Å². The molecule has 4 nitrogen and oxygen atoms in total. The zero-order valence-electron chi connectivity index (χ0n) is 12.8. The molecule has 0 amide bonds. The normalized spacial score (nSPS) is 18.2. The van der Waals surface area contributed by atoms with Crippen LogP contribution in [0.2, 0.25) is 0 Å². The lowest BCUT2D eigenvalue weighted by atomic mass is 10.0. The van der Waals surface area contributed by atoms with Crippen LogP contribution in [0.4, 0.5) is 18.9 Å². The zero-order chi connectivity index (χ0) is 16.4. The summed E-state index contributed by atoms with van der Waals surface area (Å²) in [5, 5.41) is 10.2. The lowest BCUT2D eigenvalue weighted by molar-refractivity contribution is -0.142. The molecule has 0 fully saturated rings. The summed E-state index contributed by atoms with van der Waals surface area (Å²) in [4.78, 5) is 0. The highest BCUT2D eigenvalue weighted by Gasteiger charge is 2.36. The van der Waals surface area contributed by atoms with Gasteiger partial charge in [0.1, 0.15) is 0 Å². The summed E-state index contributed by atoms with van der Waals surface area (Å²) in [6, 6.07) is 7.95. The number of fused-ring (bicyclic) bond motifs is 1. The molecule has 0 bridgehead atoms. The summed E-state index contributed by atoms with van der Waals surface area (Å²) < 4.78 is 40.3. The highest BCUT2D eigenvalue weighted by Crippen LogP contribution is 2.32. The van der Waals surface area contributed by atoms with Crippen LogP contribution in [0, 0.1) is 0 Å². The van der Waals surface area contributed by atoms with E-state index >= 15 is 0 Å². The van der Waals surface area contributed by atoms with Crippen molar-refractivity contribution < 1.29 is 13.2 Å². The molecule has 2 heterocycles. The minimum absolute atomic E-state index is 0.0301. The van der Waals surface area contributed by atoms with Gasteiger partial charge in [-0.15, -0.1) is 0 Å². The van der Waals surface area contributed by atoms with Crippen molar-refractivity contribution in [1.29, 1.82) is 0 Å². The molecule has 1 aliphatic heterocycles. The van der Waals surface area contributed by atoms with Crippen LogP contribution in [0.25, 0.3) is 0 Å². The highest BCUT2D eigenvalue weighted by molar-refractivity contribution is 5.53. The molecule has 0 unspecified atom stereocenters. The first kappa shape index (κ1) is 15.9. The van der Waals surface area contributed by atoms with Crippen molar-refractivity contribution >= 4 is 5.69 Å². The molecule has 2 aromatic rings. The van der Waals surface area contributed by atoms with Crippen molar-refractivity contribution in [2.24, 2.45) is 7.05 Å². The van der Waals surface area contributed by atoms with Gasteiger partial charge in [-0.25, -0.2) is 0 Å². The van der Waals surface area contributed by atoms with Crippen LogP contribution in [0.15, 0.2) is 30.5 Å². The number of halogens is 3. The van der Waals surface area contributed by atoms with Gasteiger partial charge in [0.05, 0.1) is 0 Å². The molecule has 2 N–H and O–H groups in total. The predicted molar refractivity (Wildman–Crippen MR) is 82.0 cm³/mol. The number of aryl methyl sites for hydroxylation is 1. The average Bonchev–Trinajstić information content (AvgIpc) is 2.76. The number of nitrogens with one attached hydrogen (secondary N) is 2. The molecule has 0 aliphatic carbocycles. The first-order valence-electron chi connectivity index (χ1n) is 7.61. The van der Waals surface area contributed by atoms with Crippen LogP contribution in [-0.4, -0.2) is 16.3 Å². The summed E-state index contributed by atoms with van der Waals surface area (Å²) in [5.74, 6) is 0. The predicted octanol–water partition coefficient (Wildman–Crippen LogP) is 3.48. The molecule has 7 heteroatoms. The van der Waals surface area contributed by atoms with E-state index in [1.165, 1.54) is 17.9 Å². The van der Waals surface area contributed by atoms with Crippen LogP contribution in [-0.2, 0) is 19.8 Å². The van der Waals surface area contributed by atoms with Gasteiger partial charge in [-0.3, -0.25) is 4.68 Å². The topological polar surface area (TPSA) is 41.9 Å². The number of alkyl halides is 3. The number of nitrogens with zero attached hydrogens (tertiary/aromatic N) is 2. The van der Waals surface area contributed by atoms with Gasteiger partial charge < -0.3 is 10.6 Å². The van der Waals surface area contributed by atoms with Crippen molar-refractivity contribution in [2.75, 3.05) is 11.9 Å². The monoisotopic (exact) mass is 324 g/mol. The number of hydrogen-bond donors (Lipinski definition) is 2. The van der Waals surface area contributed by atoms with Gasteiger partial charge in [-0.2, -0.15) is 18.3 Å². The van der Waals surface area contributed by atoms with E-state index in [0.29, 0.717) is 0 Å². The van der Waals surface area contributed by atoms with Gasteiger partial charge in [0.2, 0.25) is 0 Å². The van der Waals surface area contributed by atoms with Gasteiger partial charge in [0.25, 0.3) is 0 Å². The molecule has 124 valence electrons. The van der Waals surface area contributed by atoms with Crippen molar-refractivity contribution in [1.82, 2.24) is 15.1 Å². The number of benzene rings is 1. The van der Waals surface area contributed by atoms with E-state index in [9.17, 15) is 13.2 Å². The highest BCUT2D eigenvalue weighted by atomic mass is 19.4. The fourth-order valence-corrected chi connectivity index (χ4v) is 3.00. The maximum atomic E-state index is 13.0. The average molecular weight is 324 g/mol. The smallest absolute Gasteiger partial charge is 0.385 e. The second-order valence-electron chi connectivity index (χ2n) is 5.76. The quantitative estimate of drug-likeness (QED) is 0.908. The van der Waals surface area contributed by atoms with E-state index < -0.39 is 11.9 Å². The Morgan fingerprint density at radius 1 is 1.35 bits per heavy atom. The molecule has 1 atom stereocenters. The Kier molecular flexibility index (Phi) is 4.30. The SMILES string of the molecule is Cn1cc(CN[C@H]2CCCNc3ccccc32)c(C(F)(F)F)n1. The lowest BCUT2D eigenvalue weighted by Gasteiger charge is -2.19. The van der Waals surface area contributed by atoms with E-state index in [4.69, 9.17) is 0 Å². The van der Waals surface area contributed by atoms with E-state index in [0.717, 1.165) is 30.6 Å². The van der Waals surface area contributed by atoms with Crippen molar-refractivity contribution in [3.05, 3.63) is 47.3 Å². The van der Waals surface area contributed by atoms with E-state index in [1.807, 2.05) is 24.3 Å². The molecule has 1 aromatic heterocycles. The second kappa shape index (κ2) is 6.23. The maximum absolute atomic E-state index is 13.0. The number of anilines is 1. The third-order valence-corrected chi connectivity index (χ3v) is 4.03. The molecule has 0 radical (unpaired) electrons. The van der Waals surface area contributed by atoms with Crippen molar-refractivity contribution in [2.45, 2.75) is 31.6 Å². The Labute approximate surface area is 132 Å². The molecule has 0 saturated carbocycles. The van der Waals surface area contributed by atoms with Crippen LogP contribution in [0.5, 0.6) is 0 Å². The summed E-state index contributed by atoms with van der Waals surface area (Å²) in [5.41, 5.74) is 1.51. The molecule has 3 rings (SSSR count). The number of aromatic nitrogens is 2. The third-order valence-electron chi connectivity index (χ3n) is 4.03. The minimum Gasteiger partial charge on any atom is -0.385 e. The van der Waals surface area contributed by atoms with E-state index in [2.05, 4.69) is 15.7 Å². The van der Waals surface area contributed by atoms with Crippen LogP contribution in [0.1, 0.15) is 35.7 Å². The second-order valence-corrected chi connectivity index (χ2v) is 5.76. The molecular weight excluding hydrogens is 305 g/mol. The molecule has 1 aliphatic rings. The standard InChI is InChI=1S/C16H19F3N4/c1-23-10-11(15(22-23)16(17,18)19)9-21-14-7-4-8-20-13-6-3-2-5-12(13)14/h2-3,5-6,10,14,20-21H,4,7-9H2,1H3/t14-/m0/s1. The Hall–Kier alpha value is -2.02. The molecule has 23 heavy (non-hydrogen) atoms.